The largest absolute Gasteiger partial charge is 0.481 e. The lowest BCUT2D eigenvalue weighted by atomic mass is 9.38. The summed E-state index contributed by atoms with van der Waals surface area (Å²) in [5.41, 5.74) is -0.849. The van der Waals surface area contributed by atoms with E-state index in [0.29, 0.717) is 11.8 Å². The van der Waals surface area contributed by atoms with Crippen LogP contribution in [-0.2, 0) is 9.59 Å². The Balaban J connectivity index is 1.80. The van der Waals surface area contributed by atoms with Crippen molar-refractivity contribution < 1.29 is 19.8 Å². The number of hydrogen-bond donors (Lipinski definition) is 2. The lowest BCUT2D eigenvalue weighted by Crippen LogP contribution is -2.60. The molecule has 5 aliphatic rings. The van der Waals surface area contributed by atoms with Gasteiger partial charge in [-0.05, 0) is 67.6 Å². The van der Waals surface area contributed by atoms with E-state index >= 15 is 0 Å². The average molecular weight is 316 g/mol. The first-order chi connectivity index (χ1) is 10.8. The molecule has 5 rings (SSSR count). The highest BCUT2D eigenvalue weighted by Gasteiger charge is 2.65. The zero-order valence-corrected chi connectivity index (χ0v) is 13.5. The lowest BCUT2D eigenvalue weighted by molar-refractivity contribution is -0.181. The first-order valence-electron chi connectivity index (χ1n) is 8.63. The molecule has 0 radical (unpaired) electrons. The zero-order valence-electron chi connectivity index (χ0n) is 13.5. The molecule has 0 aromatic heterocycles. The first-order valence-corrected chi connectivity index (χ1v) is 8.63. The molecule has 4 nitrogen and oxygen atoms in total. The van der Waals surface area contributed by atoms with E-state index in [1.54, 1.807) is 18.2 Å². The second kappa shape index (κ2) is 4.49. The van der Waals surface area contributed by atoms with Crippen LogP contribution in [0, 0.1) is 28.1 Å². The monoisotopic (exact) mass is 316 g/mol. The van der Waals surface area contributed by atoms with Crippen LogP contribution in [0.15, 0.2) is 23.8 Å². The van der Waals surface area contributed by atoms with E-state index in [9.17, 15) is 19.8 Å². The van der Waals surface area contributed by atoms with Gasteiger partial charge in [-0.25, -0.2) is 4.79 Å². The smallest absolute Gasteiger partial charge is 0.331 e. The van der Waals surface area contributed by atoms with Crippen LogP contribution in [0.25, 0.3) is 0 Å². The quantitative estimate of drug-likeness (QED) is 0.833. The predicted octanol–water partition coefficient (Wildman–Crippen LogP) is 3.63. The average Bonchev–Trinajstić information content (AvgIpc) is 2.44. The van der Waals surface area contributed by atoms with Crippen molar-refractivity contribution in [3.63, 3.8) is 0 Å². The first kappa shape index (κ1) is 15.0. The van der Waals surface area contributed by atoms with Crippen molar-refractivity contribution in [1.29, 1.82) is 0 Å². The summed E-state index contributed by atoms with van der Waals surface area (Å²) < 4.78 is 0. The van der Waals surface area contributed by atoms with Crippen molar-refractivity contribution in [2.24, 2.45) is 28.1 Å². The second-order valence-electron chi connectivity index (χ2n) is 8.86. The molecule has 0 aliphatic heterocycles. The van der Waals surface area contributed by atoms with Crippen LogP contribution in [0.1, 0.15) is 51.9 Å². The number of allylic oxidation sites excluding steroid dienone is 2. The molecule has 3 atom stereocenters. The highest BCUT2D eigenvalue weighted by Crippen LogP contribution is 2.71. The molecule has 0 heterocycles. The molecule has 2 N–H and O–H groups in total. The van der Waals surface area contributed by atoms with Crippen molar-refractivity contribution in [3.8, 4) is 0 Å². The van der Waals surface area contributed by atoms with Gasteiger partial charge in [0.05, 0.1) is 5.41 Å². The Morgan fingerprint density at radius 1 is 1.13 bits per heavy atom. The third-order valence-electron chi connectivity index (χ3n) is 7.10. The van der Waals surface area contributed by atoms with Gasteiger partial charge in [0, 0.05) is 5.57 Å². The molecule has 4 saturated carbocycles. The van der Waals surface area contributed by atoms with Gasteiger partial charge in [-0.2, -0.15) is 0 Å². The molecular weight excluding hydrogens is 292 g/mol. The molecule has 0 spiro atoms. The van der Waals surface area contributed by atoms with Gasteiger partial charge in [-0.3, -0.25) is 4.79 Å². The fourth-order valence-electron chi connectivity index (χ4n) is 6.87. The molecule has 3 unspecified atom stereocenters. The molecule has 4 heteroatoms. The van der Waals surface area contributed by atoms with Crippen molar-refractivity contribution in [3.05, 3.63) is 23.8 Å². The number of aliphatic carboxylic acids is 2. The van der Waals surface area contributed by atoms with E-state index in [2.05, 4.69) is 6.92 Å². The van der Waals surface area contributed by atoms with Crippen molar-refractivity contribution >= 4 is 11.9 Å². The normalized spacial score (nSPS) is 47.4. The van der Waals surface area contributed by atoms with Crippen molar-refractivity contribution in [2.45, 2.75) is 51.9 Å². The summed E-state index contributed by atoms with van der Waals surface area (Å²) in [6.07, 6.45) is 11.6. The topological polar surface area (TPSA) is 74.6 Å². The van der Waals surface area contributed by atoms with Crippen LogP contribution >= 0.6 is 0 Å². The molecule has 0 aromatic carbocycles. The van der Waals surface area contributed by atoms with Gasteiger partial charge in [0.25, 0.3) is 0 Å². The fraction of sp³-hybridized carbons (Fsp3) is 0.684. The van der Waals surface area contributed by atoms with Crippen LogP contribution in [0.5, 0.6) is 0 Å². The minimum atomic E-state index is -1.05. The van der Waals surface area contributed by atoms with E-state index in [1.807, 2.05) is 0 Å². The number of carbonyl (C=O) groups is 2. The third kappa shape index (κ3) is 1.96. The predicted molar refractivity (Wildman–Crippen MR) is 84.8 cm³/mol. The molecule has 5 aliphatic carbocycles. The van der Waals surface area contributed by atoms with Gasteiger partial charge in [0.1, 0.15) is 0 Å². The van der Waals surface area contributed by atoms with Crippen molar-refractivity contribution in [1.82, 2.24) is 0 Å². The standard InChI is InChI=1S/C19H24O4/c1-17-6-12-5-13(7-17)9-18(8-12,11-17)19(16(22)23)4-2-3-14(10-19)15(20)21/h2-4,12-13H,5-11H2,1H3,(H,20,21)(H,22,23). The Morgan fingerprint density at radius 3 is 2.30 bits per heavy atom. The van der Waals surface area contributed by atoms with Crippen LogP contribution in [0.2, 0.25) is 0 Å². The van der Waals surface area contributed by atoms with Gasteiger partial charge in [-0.15, -0.1) is 0 Å². The zero-order chi connectivity index (χ0) is 16.5. The highest BCUT2D eigenvalue weighted by atomic mass is 16.4. The molecule has 4 fully saturated rings. The lowest BCUT2D eigenvalue weighted by Gasteiger charge is -2.65. The number of rotatable bonds is 3. The molecule has 0 aromatic rings. The summed E-state index contributed by atoms with van der Waals surface area (Å²) in [6.45, 7) is 2.31. The molecule has 124 valence electrons. The maximum atomic E-state index is 12.4. The van der Waals surface area contributed by atoms with E-state index in [0.717, 1.165) is 19.3 Å². The van der Waals surface area contributed by atoms with Crippen LogP contribution < -0.4 is 0 Å². The number of hydrogen-bond acceptors (Lipinski definition) is 2. The SMILES string of the molecule is CC12CC3CC(C1)CC(C1(C(=O)O)C=CC=C(C(=O)O)C1)(C3)C2. The Labute approximate surface area is 136 Å². The highest BCUT2D eigenvalue weighted by molar-refractivity contribution is 5.90. The Kier molecular flexibility index (Phi) is 2.92. The Bertz CT molecular complexity index is 630. The molecule has 0 saturated heterocycles. The van der Waals surface area contributed by atoms with E-state index in [4.69, 9.17) is 0 Å². The molecular formula is C19H24O4. The molecule has 23 heavy (non-hydrogen) atoms. The van der Waals surface area contributed by atoms with E-state index in [-0.39, 0.29) is 22.8 Å². The summed E-state index contributed by atoms with van der Waals surface area (Å²) in [7, 11) is 0. The second-order valence-corrected chi connectivity index (χ2v) is 8.86. The van der Waals surface area contributed by atoms with Crippen LogP contribution in [-0.4, -0.2) is 22.2 Å². The summed E-state index contributed by atoms with van der Waals surface area (Å²) >= 11 is 0. The molecule has 4 bridgehead atoms. The van der Waals surface area contributed by atoms with Crippen LogP contribution in [0.3, 0.4) is 0 Å². The van der Waals surface area contributed by atoms with Gasteiger partial charge in [-0.1, -0.05) is 25.2 Å². The Morgan fingerprint density at radius 2 is 1.78 bits per heavy atom. The fourth-order valence-corrected chi connectivity index (χ4v) is 6.87. The minimum Gasteiger partial charge on any atom is -0.481 e. The summed E-state index contributed by atoms with van der Waals surface area (Å²) in [5.74, 6) is -0.600. The maximum Gasteiger partial charge on any atom is 0.331 e. The summed E-state index contributed by atoms with van der Waals surface area (Å²) in [4.78, 5) is 23.9. The maximum absolute atomic E-state index is 12.4. The van der Waals surface area contributed by atoms with Gasteiger partial charge < -0.3 is 10.2 Å². The van der Waals surface area contributed by atoms with Gasteiger partial charge in [0.2, 0.25) is 0 Å². The van der Waals surface area contributed by atoms with Crippen molar-refractivity contribution in [2.75, 3.05) is 0 Å². The van der Waals surface area contributed by atoms with E-state index in [1.165, 1.54) is 19.3 Å². The number of carboxylic acids is 2. The van der Waals surface area contributed by atoms with E-state index < -0.39 is 17.4 Å². The Hall–Kier alpha value is -1.58. The summed E-state index contributed by atoms with van der Waals surface area (Å²) in [6, 6.07) is 0. The number of carboxylic acid groups (broad SMARTS) is 2. The molecule has 0 amide bonds. The summed E-state index contributed by atoms with van der Waals surface area (Å²) in [5, 5.41) is 19.6. The third-order valence-corrected chi connectivity index (χ3v) is 7.10. The van der Waals surface area contributed by atoms with Crippen LogP contribution in [0.4, 0.5) is 0 Å². The van der Waals surface area contributed by atoms with Gasteiger partial charge in [0.15, 0.2) is 0 Å². The van der Waals surface area contributed by atoms with Gasteiger partial charge >= 0.3 is 11.9 Å². The minimum absolute atomic E-state index is 0.129.